The molecule has 0 aliphatic rings. The lowest BCUT2D eigenvalue weighted by atomic mass is 10.3. The molecule has 4 heteroatoms. The van der Waals surface area contributed by atoms with Crippen LogP contribution in [0, 0.1) is 0 Å². The van der Waals surface area contributed by atoms with Crippen molar-refractivity contribution in [2.24, 2.45) is 0 Å². The predicted molar refractivity (Wildman–Crippen MR) is 72.5 cm³/mol. The van der Waals surface area contributed by atoms with E-state index in [0.717, 1.165) is 12.0 Å². The summed E-state index contributed by atoms with van der Waals surface area (Å²) in [5, 5.41) is 8.96. The lowest BCUT2D eigenvalue weighted by Crippen LogP contribution is -1.98. The van der Waals surface area contributed by atoms with E-state index in [4.69, 9.17) is 14.6 Å². The van der Waals surface area contributed by atoms with Crippen molar-refractivity contribution >= 4 is 0 Å². The molecule has 4 nitrogen and oxygen atoms in total. The van der Waals surface area contributed by atoms with Gasteiger partial charge in [-0.05, 0) is 30.2 Å². The molecular formula is C15H17NO3. The highest BCUT2D eigenvalue weighted by molar-refractivity contribution is 5.41. The Hall–Kier alpha value is -2.07. The summed E-state index contributed by atoms with van der Waals surface area (Å²) >= 11 is 0. The Morgan fingerprint density at radius 2 is 1.89 bits per heavy atom. The van der Waals surface area contributed by atoms with E-state index in [-0.39, 0.29) is 6.61 Å². The van der Waals surface area contributed by atoms with Crippen LogP contribution in [0.5, 0.6) is 17.4 Å². The third-order valence-electron chi connectivity index (χ3n) is 2.51. The number of benzene rings is 1. The monoisotopic (exact) mass is 259 g/mol. The summed E-state index contributed by atoms with van der Waals surface area (Å²) in [6.45, 7) is 2.68. The molecule has 0 unspecified atom stereocenters. The quantitative estimate of drug-likeness (QED) is 0.865. The average Bonchev–Trinajstić information content (AvgIpc) is 2.47. The first-order valence-electron chi connectivity index (χ1n) is 6.29. The molecule has 1 heterocycles. The minimum Gasteiger partial charge on any atom is -0.490 e. The highest BCUT2D eigenvalue weighted by atomic mass is 16.5. The SMILES string of the molecule is CCCOc1ccccc1Oc1ccc(CO)cn1. The molecule has 19 heavy (non-hydrogen) atoms. The minimum atomic E-state index is -0.0243. The summed E-state index contributed by atoms with van der Waals surface area (Å²) in [7, 11) is 0. The molecule has 0 aliphatic carbocycles. The molecule has 0 amide bonds. The van der Waals surface area contributed by atoms with Crippen molar-refractivity contribution in [3.8, 4) is 17.4 Å². The fraction of sp³-hybridized carbons (Fsp3) is 0.267. The van der Waals surface area contributed by atoms with Gasteiger partial charge in [0.25, 0.3) is 0 Å². The van der Waals surface area contributed by atoms with Crippen molar-refractivity contribution in [2.45, 2.75) is 20.0 Å². The van der Waals surface area contributed by atoms with Crippen LogP contribution in [-0.2, 0) is 6.61 Å². The number of para-hydroxylation sites is 2. The zero-order valence-electron chi connectivity index (χ0n) is 10.9. The van der Waals surface area contributed by atoms with Gasteiger partial charge in [-0.25, -0.2) is 4.98 Å². The highest BCUT2D eigenvalue weighted by Crippen LogP contribution is 2.30. The van der Waals surface area contributed by atoms with Crippen LogP contribution in [-0.4, -0.2) is 16.7 Å². The van der Waals surface area contributed by atoms with Crippen molar-refractivity contribution in [3.63, 3.8) is 0 Å². The number of aliphatic hydroxyl groups excluding tert-OH is 1. The van der Waals surface area contributed by atoms with Crippen LogP contribution in [0.3, 0.4) is 0 Å². The zero-order valence-corrected chi connectivity index (χ0v) is 10.9. The Kier molecular flexibility index (Phi) is 4.75. The van der Waals surface area contributed by atoms with Crippen molar-refractivity contribution in [2.75, 3.05) is 6.61 Å². The van der Waals surface area contributed by atoms with Gasteiger partial charge in [-0.15, -0.1) is 0 Å². The van der Waals surface area contributed by atoms with Gasteiger partial charge < -0.3 is 14.6 Å². The van der Waals surface area contributed by atoms with Crippen molar-refractivity contribution < 1.29 is 14.6 Å². The molecule has 0 saturated heterocycles. The number of hydrogen-bond acceptors (Lipinski definition) is 4. The number of aromatic nitrogens is 1. The molecule has 1 aromatic heterocycles. The van der Waals surface area contributed by atoms with E-state index in [9.17, 15) is 0 Å². The molecule has 0 atom stereocenters. The number of pyridine rings is 1. The summed E-state index contributed by atoms with van der Waals surface area (Å²) in [6.07, 6.45) is 2.53. The van der Waals surface area contributed by atoms with E-state index >= 15 is 0 Å². The van der Waals surface area contributed by atoms with E-state index in [0.29, 0.717) is 24.0 Å². The number of aliphatic hydroxyl groups is 1. The number of nitrogens with zero attached hydrogens (tertiary/aromatic N) is 1. The molecule has 0 aliphatic heterocycles. The van der Waals surface area contributed by atoms with E-state index in [1.165, 1.54) is 0 Å². The van der Waals surface area contributed by atoms with Gasteiger partial charge in [-0.2, -0.15) is 0 Å². The Bertz CT molecular complexity index is 511. The first kappa shape index (κ1) is 13.4. The standard InChI is InChI=1S/C15H17NO3/c1-2-9-18-13-5-3-4-6-14(13)19-15-8-7-12(11-17)10-16-15/h3-8,10,17H,2,9,11H2,1H3. The van der Waals surface area contributed by atoms with E-state index < -0.39 is 0 Å². The predicted octanol–water partition coefficient (Wildman–Crippen LogP) is 3.16. The van der Waals surface area contributed by atoms with Crippen molar-refractivity contribution in [1.29, 1.82) is 0 Å². The van der Waals surface area contributed by atoms with Crippen LogP contribution >= 0.6 is 0 Å². The zero-order chi connectivity index (χ0) is 13.5. The second-order valence-electron chi connectivity index (χ2n) is 4.06. The van der Waals surface area contributed by atoms with E-state index in [2.05, 4.69) is 11.9 Å². The second-order valence-corrected chi connectivity index (χ2v) is 4.06. The van der Waals surface area contributed by atoms with Crippen LogP contribution in [0.15, 0.2) is 42.6 Å². The maximum Gasteiger partial charge on any atom is 0.219 e. The van der Waals surface area contributed by atoms with Crippen molar-refractivity contribution in [3.05, 3.63) is 48.2 Å². The number of ether oxygens (including phenoxy) is 2. The van der Waals surface area contributed by atoms with Gasteiger partial charge in [0.1, 0.15) is 0 Å². The Labute approximate surface area is 112 Å². The number of rotatable bonds is 6. The first-order valence-corrected chi connectivity index (χ1v) is 6.29. The van der Waals surface area contributed by atoms with E-state index in [1.807, 2.05) is 24.3 Å². The molecule has 0 saturated carbocycles. The molecule has 0 bridgehead atoms. The van der Waals surface area contributed by atoms with Gasteiger partial charge in [-0.1, -0.05) is 19.1 Å². The Morgan fingerprint density at radius 3 is 2.53 bits per heavy atom. The minimum absolute atomic E-state index is 0.0243. The van der Waals surface area contributed by atoms with Crippen LogP contribution < -0.4 is 9.47 Å². The summed E-state index contributed by atoms with van der Waals surface area (Å²) in [5.74, 6) is 1.82. The molecular weight excluding hydrogens is 242 g/mol. The third kappa shape index (κ3) is 3.69. The topological polar surface area (TPSA) is 51.6 Å². The summed E-state index contributed by atoms with van der Waals surface area (Å²) < 4.78 is 11.3. The van der Waals surface area contributed by atoms with Gasteiger partial charge in [0, 0.05) is 12.3 Å². The molecule has 2 aromatic rings. The maximum atomic E-state index is 8.96. The van der Waals surface area contributed by atoms with Crippen LogP contribution in [0.1, 0.15) is 18.9 Å². The molecule has 1 N–H and O–H groups in total. The molecule has 0 spiro atoms. The second kappa shape index (κ2) is 6.75. The normalized spacial score (nSPS) is 10.2. The summed E-state index contributed by atoms with van der Waals surface area (Å²) in [5.41, 5.74) is 0.753. The lowest BCUT2D eigenvalue weighted by Gasteiger charge is -2.11. The van der Waals surface area contributed by atoms with Crippen LogP contribution in [0.25, 0.3) is 0 Å². The van der Waals surface area contributed by atoms with E-state index in [1.54, 1.807) is 18.3 Å². The fourth-order valence-corrected chi connectivity index (χ4v) is 1.54. The Balaban J connectivity index is 2.12. The van der Waals surface area contributed by atoms with Gasteiger partial charge >= 0.3 is 0 Å². The lowest BCUT2D eigenvalue weighted by molar-refractivity contribution is 0.281. The highest BCUT2D eigenvalue weighted by Gasteiger charge is 2.06. The van der Waals surface area contributed by atoms with Crippen molar-refractivity contribution in [1.82, 2.24) is 4.98 Å². The number of hydrogen-bond donors (Lipinski definition) is 1. The van der Waals surface area contributed by atoms with Gasteiger partial charge in [0.05, 0.1) is 13.2 Å². The van der Waals surface area contributed by atoms with Crippen LogP contribution in [0.2, 0.25) is 0 Å². The van der Waals surface area contributed by atoms with Gasteiger partial charge in [0.15, 0.2) is 11.5 Å². The molecule has 0 radical (unpaired) electrons. The largest absolute Gasteiger partial charge is 0.490 e. The molecule has 100 valence electrons. The Morgan fingerprint density at radius 1 is 1.11 bits per heavy atom. The smallest absolute Gasteiger partial charge is 0.219 e. The fourth-order valence-electron chi connectivity index (χ4n) is 1.54. The maximum absolute atomic E-state index is 8.96. The third-order valence-corrected chi connectivity index (χ3v) is 2.51. The van der Waals surface area contributed by atoms with Crippen LogP contribution in [0.4, 0.5) is 0 Å². The first-order chi connectivity index (χ1) is 9.33. The van der Waals surface area contributed by atoms with Gasteiger partial charge in [-0.3, -0.25) is 0 Å². The average molecular weight is 259 g/mol. The molecule has 0 fully saturated rings. The van der Waals surface area contributed by atoms with Gasteiger partial charge in [0.2, 0.25) is 5.88 Å². The molecule has 2 rings (SSSR count). The summed E-state index contributed by atoms with van der Waals surface area (Å²) in [6, 6.07) is 11.0. The summed E-state index contributed by atoms with van der Waals surface area (Å²) in [4.78, 5) is 4.13. The molecule has 1 aromatic carbocycles.